The molecule has 2 amide bonds. The summed E-state index contributed by atoms with van der Waals surface area (Å²) in [6.07, 6.45) is 1.54. The van der Waals surface area contributed by atoms with E-state index in [4.69, 9.17) is 18.9 Å². The molecular formula is C23H32N2O7. The lowest BCUT2D eigenvalue weighted by Crippen LogP contribution is -2.70. The van der Waals surface area contributed by atoms with Gasteiger partial charge in [-0.15, -0.1) is 0 Å². The lowest BCUT2D eigenvalue weighted by molar-refractivity contribution is -0.129. The molecule has 3 saturated carbocycles. The van der Waals surface area contributed by atoms with E-state index < -0.39 is 28.9 Å². The van der Waals surface area contributed by atoms with E-state index in [2.05, 4.69) is 10.6 Å². The van der Waals surface area contributed by atoms with Gasteiger partial charge in [-0.25, -0.2) is 4.79 Å². The van der Waals surface area contributed by atoms with E-state index in [1.165, 1.54) is 0 Å². The van der Waals surface area contributed by atoms with Gasteiger partial charge in [-0.3, -0.25) is 4.79 Å². The van der Waals surface area contributed by atoms with E-state index in [9.17, 15) is 14.7 Å². The molecule has 0 radical (unpaired) electrons. The van der Waals surface area contributed by atoms with Crippen LogP contribution < -0.4 is 24.8 Å². The first-order valence-electron chi connectivity index (χ1n) is 11.1. The standard InChI is InChI=1S/C23H32N2O7/c1-21(2,3)32-20(28)25-23-8-6-22(7-9-23,13-18(23)26)24-19(27)14-31-15-4-5-16-17(12-15)30-11-10-29-16/h4-5,12,18,26H,6-11,13-14H2,1-3H3,(H,24,27)(H,25,28)/t18-,22?,23?/m1/s1. The fourth-order valence-corrected chi connectivity index (χ4v) is 4.76. The van der Waals surface area contributed by atoms with Crippen molar-refractivity contribution in [2.45, 2.75) is 75.7 Å². The van der Waals surface area contributed by atoms with E-state index in [0.717, 1.165) is 0 Å². The first-order valence-corrected chi connectivity index (χ1v) is 11.1. The number of alkyl carbamates (subject to hydrolysis) is 1. The average molecular weight is 449 g/mol. The van der Waals surface area contributed by atoms with Crippen LogP contribution >= 0.6 is 0 Å². The highest BCUT2D eigenvalue weighted by Gasteiger charge is 2.55. The first-order chi connectivity index (χ1) is 15.1. The molecule has 4 aliphatic rings. The van der Waals surface area contributed by atoms with Crippen molar-refractivity contribution in [3.05, 3.63) is 18.2 Å². The van der Waals surface area contributed by atoms with Gasteiger partial charge < -0.3 is 34.7 Å². The molecule has 2 bridgehead atoms. The molecule has 3 N–H and O–H groups in total. The summed E-state index contributed by atoms with van der Waals surface area (Å²) >= 11 is 0. The van der Waals surface area contributed by atoms with Gasteiger partial charge in [0, 0.05) is 11.6 Å². The molecule has 1 atom stereocenters. The van der Waals surface area contributed by atoms with Crippen LogP contribution in [0.3, 0.4) is 0 Å². The molecule has 1 heterocycles. The maximum atomic E-state index is 12.6. The van der Waals surface area contributed by atoms with Crippen LogP contribution in [0.15, 0.2) is 18.2 Å². The topological polar surface area (TPSA) is 115 Å². The molecule has 176 valence electrons. The van der Waals surface area contributed by atoms with Crippen LogP contribution in [0.2, 0.25) is 0 Å². The maximum Gasteiger partial charge on any atom is 0.408 e. The fourth-order valence-electron chi connectivity index (χ4n) is 4.76. The SMILES string of the molecule is CC(C)(C)OC(=O)NC12CCC(NC(=O)COc3ccc4c(c3)OCCO4)(CC1)C[C@H]2O. The zero-order valence-electron chi connectivity index (χ0n) is 18.9. The molecule has 9 nitrogen and oxygen atoms in total. The van der Waals surface area contributed by atoms with E-state index in [1.807, 2.05) is 0 Å². The van der Waals surface area contributed by atoms with E-state index in [1.54, 1.807) is 39.0 Å². The average Bonchev–Trinajstić information content (AvgIpc) is 2.72. The van der Waals surface area contributed by atoms with Crippen LogP contribution in [-0.2, 0) is 9.53 Å². The number of carbonyl (C=O) groups excluding carboxylic acids is 2. The van der Waals surface area contributed by atoms with Gasteiger partial charge in [-0.1, -0.05) is 0 Å². The number of carbonyl (C=O) groups is 2. The Kier molecular flexibility index (Phi) is 5.87. The smallest absolute Gasteiger partial charge is 0.408 e. The molecule has 0 unspecified atom stereocenters. The molecule has 3 fully saturated rings. The molecule has 0 aromatic heterocycles. The molecule has 32 heavy (non-hydrogen) atoms. The Bertz CT molecular complexity index is 872. The summed E-state index contributed by atoms with van der Waals surface area (Å²) in [6.45, 7) is 6.25. The second kappa shape index (κ2) is 8.35. The van der Waals surface area contributed by atoms with Crippen LogP contribution in [0.5, 0.6) is 17.2 Å². The number of nitrogens with one attached hydrogen (secondary N) is 2. The summed E-state index contributed by atoms with van der Waals surface area (Å²) in [4.78, 5) is 24.9. The predicted octanol–water partition coefficient (Wildman–Crippen LogP) is 2.29. The molecule has 1 aromatic carbocycles. The molecule has 0 spiro atoms. The molecule has 1 aromatic rings. The summed E-state index contributed by atoms with van der Waals surface area (Å²) < 4.78 is 22.0. The molecule has 1 aliphatic heterocycles. The number of amides is 2. The third-order valence-electron chi connectivity index (χ3n) is 6.36. The zero-order chi connectivity index (χ0) is 23.0. The van der Waals surface area contributed by atoms with Crippen LogP contribution in [0.25, 0.3) is 0 Å². The van der Waals surface area contributed by atoms with Crippen LogP contribution in [0.4, 0.5) is 4.79 Å². The Balaban J connectivity index is 1.30. The zero-order valence-corrected chi connectivity index (χ0v) is 18.9. The van der Waals surface area contributed by atoms with Crippen LogP contribution in [0, 0.1) is 0 Å². The van der Waals surface area contributed by atoms with Crippen molar-refractivity contribution in [2.24, 2.45) is 0 Å². The Labute approximate surface area is 187 Å². The van der Waals surface area contributed by atoms with E-state index in [0.29, 0.717) is 62.6 Å². The van der Waals surface area contributed by atoms with Gasteiger partial charge in [-0.05, 0) is 65.0 Å². The summed E-state index contributed by atoms with van der Waals surface area (Å²) in [6, 6.07) is 5.21. The number of fused-ring (bicyclic) bond motifs is 4. The van der Waals surface area contributed by atoms with Gasteiger partial charge in [-0.2, -0.15) is 0 Å². The minimum atomic E-state index is -0.767. The van der Waals surface area contributed by atoms with Crippen molar-refractivity contribution in [2.75, 3.05) is 19.8 Å². The van der Waals surface area contributed by atoms with Gasteiger partial charge >= 0.3 is 6.09 Å². The van der Waals surface area contributed by atoms with Gasteiger partial charge in [0.05, 0.1) is 11.6 Å². The van der Waals surface area contributed by atoms with Crippen molar-refractivity contribution in [1.29, 1.82) is 0 Å². The monoisotopic (exact) mass is 448 g/mol. The van der Waals surface area contributed by atoms with Gasteiger partial charge in [0.1, 0.15) is 24.6 Å². The lowest BCUT2D eigenvalue weighted by Gasteiger charge is -2.56. The predicted molar refractivity (Wildman–Crippen MR) is 115 cm³/mol. The number of aliphatic hydroxyl groups excluding tert-OH is 1. The minimum absolute atomic E-state index is 0.140. The maximum absolute atomic E-state index is 12.6. The Morgan fingerprint density at radius 1 is 1.09 bits per heavy atom. The molecular weight excluding hydrogens is 416 g/mol. The number of aliphatic hydroxyl groups is 1. The number of ether oxygens (including phenoxy) is 4. The van der Waals surface area contributed by atoms with Gasteiger partial charge in [0.25, 0.3) is 5.91 Å². The third-order valence-corrected chi connectivity index (χ3v) is 6.36. The Hall–Kier alpha value is -2.68. The lowest BCUT2D eigenvalue weighted by atomic mass is 9.60. The van der Waals surface area contributed by atoms with Crippen molar-refractivity contribution in [3.8, 4) is 17.2 Å². The van der Waals surface area contributed by atoms with Crippen molar-refractivity contribution in [1.82, 2.24) is 10.6 Å². The quantitative estimate of drug-likeness (QED) is 0.633. The summed E-state index contributed by atoms with van der Waals surface area (Å²) in [5.41, 5.74) is -1.81. The van der Waals surface area contributed by atoms with Crippen LogP contribution in [-0.4, -0.2) is 59.7 Å². The minimum Gasteiger partial charge on any atom is -0.486 e. The fraction of sp³-hybridized carbons (Fsp3) is 0.652. The van der Waals surface area contributed by atoms with Crippen molar-refractivity contribution < 1.29 is 33.6 Å². The normalized spacial score (nSPS) is 28.6. The van der Waals surface area contributed by atoms with Crippen molar-refractivity contribution in [3.63, 3.8) is 0 Å². The highest BCUT2D eigenvalue weighted by atomic mass is 16.6. The Morgan fingerprint density at radius 3 is 2.44 bits per heavy atom. The number of hydrogen-bond acceptors (Lipinski definition) is 7. The molecule has 3 aliphatic carbocycles. The second-order valence-corrected chi connectivity index (χ2v) is 9.93. The van der Waals surface area contributed by atoms with Crippen molar-refractivity contribution >= 4 is 12.0 Å². The largest absolute Gasteiger partial charge is 0.486 e. The molecule has 9 heteroatoms. The highest BCUT2D eigenvalue weighted by Crippen LogP contribution is 2.47. The summed E-state index contributed by atoms with van der Waals surface area (Å²) in [5.74, 6) is 1.54. The number of rotatable bonds is 5. The van der Waals surface area contributed by atoms with E-state index in [-0.39, 0.29) is 12.5 Å². The number of benzene rings is 1. The third kappa shape index (κ3) is 4.87. The number of hydrogen-bond donors (Lipinski definition) is 3. The highest BCUT2D eigenvalue weighted by molar-refractivity contribution is 5.78. The van der Waals surface area contributed by atoms with Gasteiger partial charge in [0.2, 0.25) is 0 Å². The molecule has 5 rings (SSSR count). The van der Waals surface area contributed by atoms with E-state index >= 15 is 0 Å². The Morgan fingerprint density at radius 2 is 1.78 bits per heavy atom. The first kappa shape index (κ1) is 22.5. The van der Waals surface area contributed by atoms with Crippen LogP contribution in [0.1, 0.15) is 52.9 Å². The molecule has 0 saturated heterocycles. The van der Waals surface area contributed by atoms with Gasteiger partial charge in [0.15, 0.2) is 18.1 Å². The second-order valence-electron chi connectivity index (χ2n) is 9.93. The summed E-state index contributed by atoms with van der Waals surface area (Å²) in [7, 11) is 0. The summed E-state index contributed by atoms with van der Waals surface area (Å²) in [5, 5.41) is 16.8.